The number of halogens is 2. The number of hydrogen-bond donors (Lipinski definition) is 2. The summed E-state index contributed by atoms with van der Waals surface area (Å²) in [6, 6.07) is 12.7. The molecule has 2 aromatic carbocycles. The maximum absolute atomic E-state index is 13.2. The smallest absolute Gasteiger partial charge is 0.240 e. The third kappa shape index (κ3) is 7.33. The number of sulfonamides is 1. The van der Waals surface area contributed by atoms with Gasteiger partial charge in [0, 0.05) is 58.8 Å². The third-order valence-corrected chi connectivity index (χ3v) is 6.77. The van der Waals surface area contributed by atoms with E-state index in [2.05, 4.69) is 32.0 Å². The Balaban J connectivity index is 1.30. The minimum absolute atomic E-state index is 0.0479. The number of nitrogens with one attached hydrogen (secondary N) is 2. The first kappa shape index (κ1) is 24.2. The largest absolute Gasteiger partial charge is 0.355 e. The molecule has 1 saturated heterocycles. The predicted octanol–water partition coefficient (Wildman–Crippen LogP) is 1.57. The minimum atomic E-state index is -4.01. The number of nitrogens with zero attached hydrogens (tertiary/aromatic N) is 2. The van der Waals surface area contributed by atoms with E-state index in [0.29, 0.717) is 12.6 Å². The SMILES string of the molecule is O=C(CCNS(=O)(=O)c1ccc(F)c(F)c1)NCCN1CCN(Cc2ccccc2)CC1. The Labute approximate surface area is 187 Å². The van der Waals surface area contributed by atoms with Gasteiger partial charge < -0.3 is 5.32 Å². The van der Waals surface area contributed by atoms with Gasteiger partial charge in [-0.15, -0.1) is 0 Å². The molecular formula is C22H28F2N4O3S. The summed E-state index contributed by atoms with van der Waals surface area (Å²) in [7, 11) is -4.01. The summed E-state index contributed by atoms with van der Waals surface area (Å²) in [4.78, 5) is 16.3. The molecule has 2 N–H and O–H groups in total. The van der Waals surface area contributed by atoms with Crippen molar-refractivity contribution in [3.8, 4) is 0 Å². The maximum Gasteiger partial charge on any atom is 0.240 e. The van der Waals surface area contributed by atoms with Crippen LogP contribution in [0.1, 0.15) is 12.0 Å². The van der Waals surface area contributed by atoms with E-state index in [1.165, 1.54) is 5.56 Å². The highest BCUT2D eigenvalue weighted by Gasteiger charge is 2.18. The molecule has 0 aromatic heterocycles. The lowest BCUT2D eigenvalue weighted by Gasteiger charge is -2.34. The summed E-state index contributed by atoms with van der Waals surface area (Å²) in [5.41, 5.74) is 1.30. The first-order chi connectivity index (χ1) is 15.3. The van der Waals surface area contributed by atoms with Gasteiger partial charge in [-0.25, -0.2) is 21.9 Å². The van der Waals surface area contributed by atoms with E-state index >= 15 is 0 Å². The van der Waals surface area contributed by atoms with Crippen molar-refractivity contribution >= 4 is 15.9 Å². The van der Waals surface area contributed by atoms with Crippen molar-refractivity contribution in [2.75, 3.05) is 45.8 Å². The molecule has 3 rings (SSSR count). The zero-order chi connectivity index (χ0) is 23.0. The number of rotatable bonds is 10. The summed E-state index contributed by atoms with van der Waals surface area (Å²) in [6.45, 7) is 5.80. The lowest BCUT2D eigenvalue weighted by Crippen LogP contribution is -2.48. The molecule has 1 amide bonds. The van der Waals surface area contributed by atoms with E-state index in [-0.39, 0.29) is 23.8 Å². The van der Waals surface area contributed by atoms with Crippen LogP contribution in [0, 0.1) is 11.6 Å². The Hall–Kier alpha value is -2.40. The van der Waals surface area contributed by atoms with Crippen LogP contribution in [0.25, 0.3) is 0 Å². The lowest BCUT2D eigenvalue weighted by atomic mass is 10.2. The first-order valence-electron chi connectivity index (χ1n) is 10.5. The Morgan fingerprint density at radius 1 is 0.906 bits per heavy atom. The number of piperazine rings is 1. The van der Waals surface area contributed by atoms with Crippen molar-refractivity contribution in [2.45, 2.75) is 17.9 Å². The van der Waals surface area contributed by atoms with Crippen molar-refractivity contribution in [1.29, 1.82) is 0 Å². The summed E-state index contributed by atoms with van der Waals surface area (Å²) in [5, 5.41) is 2.78. The molecule has 174 valence electrons. The number of hydrogen-bond acceptors (Lipinski definition) is 5. The van der Waals surface area contributed by atoms with Gasteiger partial charge in [0.1, 0.15) is 0 Å². The Bertz CT molecular complexity index is 997. The maximum atomic E-state index is 13.2. The van der Waals surface area contributed by atoms with E-state index < -0.39 is 21.7 Å². The fourth-order valence-corrected chi connectivity index (χ4v) is 4.52. The fourth-order valence-electron chi connectivity index (χ4n) is 3.48. The third-order valence-electron chi connectivity index (χ3n) is 5.31. The van der Waals surface area contributed by atoms with Gasteiger partial charge in [-0.3, -0.25) is 14.6 Å². The Kier molecular flexibility index (Phi) is 8.68. The Morgan fingerprint density at radius 2 is 1.59 bits per heavy atom. The molecule has 0 unspecified atom stereocenters. The van der Waals surface area contributed by atoms with Crippen molar-refractivity contribution in [1.82, 2.24) is 19.8 Å². The summed E-state index contributed by atoms with van der Waals surface area (Å²) < 4.78 is 52.6. The quantitative estimate of drug-likeness (QED) is 0.556. The highest BCUT2D eigenvalue weighted by molar-refractivity contribution is 7.89. The van der Waals surface area contributed by atoms with Gasteiger partial charge in [-0.1, -0.05) is 30.3 Å². The van der Waals surface area contributed by atoms with Gasteiger partial charge >= 0.3 is 0 Å². The molecule has 1 aliphatic heterocycles. The van der Waals surface area contributed by atoms with Gasteiger partial charge in [0.25, 0.3) is 0 Å². The van der Waals surface area contributed by atoms with Crippen LogP contribution >= 0.6 is 0 Å². The summed E-state index contributed by atoms with van der Waals surface area (Å²) in [6.07, 6.45) is -0.0479. The van der Waals surface area contributed by atoms with Gasteiger partial charge in [0.2, 0.25) is 15.9 Å². The highest BCUT2D eigenvalue weighted by Crippen LogP contribution is 2.13. The van der Waals surface area contributed by atoms with E-state index in [0.717, 1.165) is 51.4 Å². The molecule has 0 radical (unpaired) electrons. The molecule has 2 aromatic rings. The number of amides is 1. The normalized spacial score (nSPS) is 15.6. The van der Waals surface area contributed by atoms with Crippen LogP contribution in [-0.4, -0.2) is 69.9 Å². The molecule has 1 aliphatic rings. The van der Waals surface area contributed by atoms with E-state index in [9.17, 15) is 22.0 Å². The van der Waals surface area contributed by atoms with Crippen LogP contribution in [0.15, 0.2) is 53.4 Å². The van der Waals surface area contributed by atoms with E-state index in [4.69, 9.17) is 0 Å². The average Bonchev–Trinajstić information content (AvgIpc) is 2.77. The van der Waals surface area contributed by atoms with Crippen molar-refractivity contribution in [3.63, 3.8) is 0 Å². The van der Waals surface area contributed by atoms with Gasteiger partial charge in [-0.2, -0.15) is 0 Å². The summed E-state index contributed by atoms with van der Waals surface area (Å²) in [5.74, 6) is -2.65. The van der Waals surface area contributed by atoms with Crippen LogP contribution in [-0.2, 0) is 21.4 Å². The number of benzene rings is 2. The van der Waals surface area contributed by atoms with Crippen LogP contribution < -0.4 is 10.0 Å². The second-order valence-electron chi connectivity index (χ2n) is 7.68. The van der Waals surface area contributed by atoms with E-state index in [1.54, 1.807) is 0 Å². The molecule has 0 aliphatic carbocycles. The molecule has 32 heavy (non-hydrogen) atoms. The highest BCUT2D eigenvalue weighted by atomic mass is 32.2. The summed E-state index contributed by atoms with van der Waals surface area (Å²) >= 11 is 0. The van der Waals surface area contributed by atoms with Gasteiger partial charge in [0.05, 0.1) is 4.90 Å². The molecule has 10 heteroatoms. The second-order valence-corrected chi connectivity index (χ2v) is 9.44. The molecule has 1 fully saturated rings. The zero-order valence-corrected chi connectivity index (χ0v) is 18.6. The zero-order valence-electron chi connectivity index (χ0n) is 17.8. The van der Waals surface area contributed by atoms with Gasteiger partial charge in [-0.05, 0) is 23.8 Å². The van der Waals surface area contributed by atoms with Crippen LogP contribution in [0.5, 0.6) is 0 Å². The molecule has 1 heterocycles. The monoisotopic (exact) mass is 466 g/mol. The standard InChI is InChI=1S/C22H28F2N4O3S/c23-20-7-6-19(16-21(20)24)32(30,31)26-9-8-22(29)25-10-11-27-12-14-28(15-13-27)17-18-4-2-1-3-5-18/h1-7,16,26H,8-15,17H2,(H,25,29). The molecule has 7 nitrogen and oxygen atoms in total. The lowest BCUT2D eigenvalue weighted by molar-refractivity contribution is -0.121. The van der Waals surface area contributed by atoms with Crippen molar-refractivity contribution in [2.24, 2.45) is 0 Å². The second kappa shape index (κ2) is 11.5. The predicted molar refractivity (Wildman–Crippen MR) is 117 cm³/mol. The molecule has 0 atom stereocenters. The van der Waals surface area contributed by atoms with Crippen LogP contribution in [0.4, 0.5) is 8.78 Å². The minimum Gasteiger partial charge on any atom is -0.355 e. The first-order valence-corrected chi connectivity index (χ1v) is 12.0. The van der Waals surface area contributed by atoms with Crippen molar-refractivity contribution in [3.05, 3.63) is 65.7 Å². The number of carbonyl (C=O) groups excluding carboxylic acids is 1. The molecule has 0 saturated carbocycles. The van der Waals surface area contributed by atoms with E-state index in [1.807, 2.05) is 18.2 Å². The average molecular weight is 467 g/mol. The van der Waals surface area contributed by atoms with Crippen molar-refractivity contribution < 1.29 is 22.0 Å². The Morgan fingerprint density at radius 3 is 2.28 bits per heavy atom. The molecule has 0 spiro atoms. The van der Waals surface area contributed by atoms with Crippen LogP contribution in [0.2, 0.25) is 0 Å². The van der Waals surface area contributed by atoms with Gasteiger partial charge in [0.15, 0.2) is 11.6 Å². The topological polar surface area (TPSA) is 81.7 Å². The van der Waals surface area contributed by atoms with Crippen LogP contribution in [0.3, 0.4) is 0 Å². The molecular weight excluding hydrogens is 438 g/mol. The number of carbonyl (C=O) groups is 1. The fraction of sp³-hybridized carbons (Fsp3) is 0.409. The molecule has 0 bridgehead atoms.